The van der Waals surface area contributed by atoms with E-state index in [9.17, 15) is 14.5 Å². The minimum atomic E-state index is -0.942. The molecule has 2 rings (SSSR count). The Morgan fingerprint density at radius 2 is 2.05 bits per heavy atom. The normalized spacial score (nSPS) is 10.3. The van der Waals surface area contributed by atoms with Crippen molar-refractivity contribution >= 4 is 21.6 Å². The molecule has 0 spiro atoms. The van der Waals surface area contributed by atoms with Crippen molar-refractivity contribution in [3.63, 3.8) is 0 Å². The molecule has 0 atom stereocenters. The molecule has 0 aliphatic carbocycles. The lowest BCUT2D eigenvalue weighted by atomic mass is 10.2. The standard InChI is InChI=1S/C13H10BrFN2O3/c14-10-5-8(7-16)1-4-13(10)20-9-2-3-12(17(18)19)11(15)6-9/h1-6H,7,16H2. The number of halogens is 2. The van der Waals surface area contributed by atoms with Crippen molar-refractivity contribution in [3.05, 3.63) is 62.4 Å². The summed E-state index contributed by atoms with van der Waals surface area (Å²) in [6.45, 7) is 0.394. The first-order chi connectivity index (χ1) is 9.51. The van der Waals surface area contributed by atoms with Crippen LogP contribution in [0.4, 0.5) is 10.1 Å². The van der Waals surface area contributed by atoms with Crippen molar-refractivity contribution in [2.75, 3.05) is 0 Å². The van der Waals surface area contributed by atoms with Crippen LogP contribution in [0.25, 0.3) is 0 Å². The Hall–Kier alpha value is -1.99. The average molecular weight is 341 g/mol. The van der Waals surface area contributed by atoms with Gasteiger partial charge in [-0.15, -0.1) is 0 Å². The lowest BCUT2D eigenvalue weighted by Crippen LogP contribution is -1.97. The molecule has 0 radical (unpaired) electrons. The first kappa shape index (κ1) is 14.4. The van der Waals surface area contributed by atoms with Gasteiger partial charge in [0.2, 0.25) is 5.82 Å². The fourth-order valence-electron chi connectivity index (χ4n) is 1.58. The molecule has 0 aromatic heterocycles. The zero-order valence-corrected chi connectivity index (χ0v) is 11.8. The number of benzene rings is 2. The molecule has 5 nitrogen and oxygen atoms in total. The van der Waals surface area contributed by atoms with Gasteiger partial charge in [-0.2, -0.15) is 4.39 Å². The molecule has 7 heteroatoms. The SMILES string of the molecule is NCc1ccc(Oc2ccc([N+](=O)[O-])c(F)c2)c(Br)c1. The Kier molecular flexibility index (Phi) is 4.31. The van der Waals surface area contributed by atoms with E-state index in [1.807, 2.05) is 0 Å². The second-order valence-electron chi connectivity index (χ2n) is 3.94. The van der Waals surface area contributed by atoms with Gasteiger partial charge in [-0.05, 0) is 39.7 Å². The van der Waals surface area contributed by atoms with Crippen molar-refractivity contribution < 1.29 is 14.1 Å². The van der Waals surface area contributed by atoms with Gasteiger partial charge < -0.3 is 10.5 Å². The predicted molar refractivity (Wildman–Crippen MR) is 75.2 cm³/mol. The van der Waals surface area contributed by atoms with E-state index in [1.165, 1.54) is 6.07 Å². The number of hydrogen-bond acceptors (Lipinski definition) is 4. The summed E-state index contributed by atoms with van der Waals surface area (Å²) in [7, 11) is 0. The predicted octanol–water partition coefficient (Wildman–Crippen LogP) is 3.75. The second kappa shape index (κ2) is 5.98. The molecule has 0 bridgehead atoms. The highest BCUT2D eigenvalue weighted by atomic mass is 79.9. The van der Waals surface area contributed by atoms with Crippen LogP contribution in [-0.2, 0) is 6.54 Å². The number of nitrogens with two attached hydrogens (primary N) is 1. The van der Waals surface area contributed by atoms with E-state index in [2.05, 4.69) is 15.9 Å². The van der Waals surface area contributed by atoms with Gasteiger partial charge in [0.1, 0.15) is 11.5 Å². The van der Waals surface area contributed by atoms with E-state index >= 15 is 0 Å². The average Bonchev–Trinajstić information content (AvgIpc) is 2.40. The molecule has 0 unspecified atom stereocenters. The third kappa shape index (κ3) is 3.12. The molecular weight excluding hydrogens is 331 g/mol. The molecule has 2 aromatic carbocycles. The van der Waals surface area contributed by atoms with Gasteiger partial charge >= 0.3 is 5.69 Å². The van der Waals surface area contributed by atoms with Crippen LogP contribution in [0.15, 0.2) is 40.9 Å². The van der Waals surface area contributed by atoms with Crippen LogP contribution >= 0.6 is 15.9 Å². The summed E-state index contributed by atoms with van der Waals surface area (Å²) in [5.41, 5.74) is 5.84. The number of nitrogens with zero attached hydrogens (tertiary/aromatic N) is 1. The van der Waals surface area contributed by atoms with Crippen molar-refractivity contribution in [3.8, 4) is 11.5 Å². The van der Waals surface area contributed by atoms with Crippen molar-refractivity contribution in [2.24, 2.45) is 5.73 Å². The summed E-state index contributed by atoms with van der Waals surface area (Å²) in [5, 5.41) is 10.5. The number of hydrogen-bond donors (Lipinski definition) is 1. The topological polar surface area (TPSA) is 78.4 Å². The van der Waals surface area contributed by atoms with Gasteiger partial charge in [0.25, 0.3) is 0 Å². The summed E-state index contributed by atoms with van der Waals surface area (Å²) in [5.74, 6) is -0.299. The first-order valence-electron chi connectivity index (χ1n) is 5.61. The number of nitro benzene ring substituents is 1. The van der Waals surface area contributed by atoms with E-state index < -0.39 is 16.4 Å². The van der Waals surface area contributed by atoms with E-state index in [0.717, 1.165) is 17.7 Å². The van der Waals surface area contributed by atoms with E-state index in [-0.39, 0.29) is 5.75 Å². The molecular formula is C13H10BrFN2O3. The molecule has 0 saturated carbocycles. The largest absolute Gasteiger partial charge is 0.456 e. The lowest BCUT2D eigenvalue weighted by molar-refractivity contribution is -0.387. The number of ether oxygens (including phenoxy) is 1. The quantitative estimate of drug-likeness (QED) is 0.679. The minimum Gasteiger partial charge on any atom is -0.456 e. The van der Waals surface area contributed by atoms with Crippen LogP contribution in [0.1, 0.15) is 5.56 Å². The molecule has 0 aliphatic rings. The zero-order chi connectivity index (χ0) is 14.7. The first-order valence-corrected chi connectivity index (χ1v) is 6.41. The molecule has 0 amide bonds. The molecule has 2 aromatic rings. The number of rotatable bonds is 4. The highest BCUT2D eigenvalue weighted by Crippen LogP contribution is 2.32. The second-order valence-corrected chi connectivity index (χ2v) is 4.80. The Labute approximate surface area is 122 Å². The molecule has 0 heterocycles. The van der Waals surface area contributed by atoms with Crippen LogP contribution in [0, 0.1) is 15.9 Å². The summed E-state index contributed by atoms with van der Waals surface area (Å²) < 4.78 is 19.6. The Balaban J connectivity index is 2.26. The van der Waals surface area contributed by atoms with Gasteiger partial charge in [0.15, 0.2) is 0 Å². The monoisotopic (exact) mass is 340 g/mol. The summed E-state index contributed by atoms with van der Waals surface area (Å²) in [6, 6.07) is 8.63. The smallest absolute Gasteiger partial charge is 0.305 e. The van der Waals surface area contributed by atoms with E-state index in [4.69, 9.17) is 10.5 Å². The maximum Gasteiger partial charge on any atom is 0.305 e. The molecule has 104 valence electrons. The Bertz CT molecular complexity index is 664. The van der Waals surface area contributed by atoms with E-state index in [0.29, 0.717) is 16.8 Å². The van der Waals surface area contributed by atoms with Crippen molar-refractivity contribution in [1.29, 1.82) is 0 Å². The third-order valence-corrected chi connectivity index (χ3v) is 3.20. The maximum atomic E-state index is 13.5. The minimum absolute atomic E-state index is 0.175. The summed E-state index contributed by atoms with van der Waals surface area (Å²) in [4.78, 5) is 9.73. The Morgan fingerprint density at radius 1 is 1.30 bits per heavy atom. The zero-order valence-electron chi connectivity index (χ0n) is 10.2. The van der Waals surface area contributed by atoms with Gasteiger partial charge in [0, 0.05) is 18.7 Å². The molecule has 20 heavy (non-hydrogen) atoms. The van der Waals surface area contributed by atoms with Gasteiger partial charge in [0.05, 0.1) is 9.40 Å². The fraction of sp³-hybridized carbons (Fsp3) is 0.0769. The highest BCUT2D eigenvalue weighted by Gasteiger charge is 2.15. The Morgan fingerprint density at radius 3 is 2.60 bits per heavy atom. The molecule has 0 saturated heterocycles. The molecule has 0 fully saturated rings. The van der Waals surface area contributed by atoms with Crippen LogP contribution in [0.5, 0.6) is 11.5 Å². The highest BCUT2D eigenvalue weighted by molar-refractivity contribution is 9.10. The lowest BCUT2D eigenvalue weighted by Gasteiger charge is -2.09. The van der Waals surface area contributed by atoms with Crippen LogP contribution < -0.4 is 10.5 Å². The van der Waals surface area contributed by atoms with Crippen molar-refractivity contribution in [1.82, 2.24) is 0 Å². The van der Waals surface area contributed by atoms with Gasteiger partial charge in [-0.1, -0.05) is 6.07 Å². The summed E-state index contributed by atoms with van der Waals surface area (Å²) >= 11 is 3.32. The fourth-order valence-corrected chi connectivity index (χ4v) is 2.09. The van der Waals surface area contributed by atoms with E-state index in [1.54, 1.807) is 18.2 Å². The molecule has 2 N–H and O–H groups in total. The maximum absolute atomic E-state index is 13.5. The van der Waals surface area contributed by atoms with Crippen LogP contribution in [-0.4, -0.2) is 4.92 Å². The third-order valence-electron chi connectivity index (χ3n) is 2.58. The summed E-state index contributed by atoms with van der Waals surface area (Å²) in [6.07, 6.45) is 0. The number of nitro groups is 1. The molecule has 0 aliphatic heterocycles. The van der Waals surface area contributed by atoms with Gasteiger partial charge in [-0.3, -0.25) is 10.1 Å². The van der Waals surface area contributed by atoms with Crippen LogP contribution in [0.2, 0.25) is 0 Å². The van der Waals surface area contributed by atoms with Crippen molar-refractivity contribution in [2.45, 2.75) is 6.54 Å². The van der Waals surface area contributed by atoms with Gasteiger partial charge in [-0.25, -0.2) is 0 Å². The van der Waals surface area contributed by atoms with Crippen LogP contribution in [0.3, 0.4) is 0 Å².